The summed E-state index contributed by atoms with van der Waals surface area (Å²) in [6, 6.07) is 18.5. The molecule has 0 heterocycles. The fourth-order valence-corrected chi connectivity index (χ4v) is 4.43. The summed E-state index contributed by atoms with van der Waals surface area (Å²) in [5.74, 6) is -0.307. The number of hydrogen-bond donors (Lipinski definition) is 1. The molecule has 0 unspecified atom stereocenters. The lowest BCUT2D eigenvalue weighted by Crippen LogP contribution is -2.41. The molecule has 0 aliphatic heterocycles. The van der Waals surface area contributed by atoms with E-state index in [1.807, 2.05) is 32.0 Å². The fourth-order valence-electron chi connectivity index (χ4n) is 2.99. The molecule has 3 aromatic rings. The molecule has 32 heavy (non-hydrogen) atoms. The number of rotatable bonds is 9. The van der Waals surface area contributed by atoms with E-state index in [-0.39, 0.29) is 23.7 Å². The zero-order chi connectivity index (χ0) is 23.1. The number of hydrogen-bond acceptors (Lipinski definition) is 4. The minimum Gasteiger partial charge on any atom is -0.492 e. The molecule has 0 saturated heterocycles. The third-order valence-corrected chi connectivity index (χ3v) is 6.69. The minimum absolute atomic E-state index is 0.0372. The number of benzene rings is 3. The maximum atomic E-state index is 13.4. The zero-order valence-corrected chi connectivity index (χ0v) is 18.7. The highest BCUT2D eigenvalue weighted by atomic mass is 32.2. The zero-order valence-electron chi connectivity index (χ0n) is 17.9. The average molecular weight is 457 g/mol. The molecule has 3 rings (SSSR count). The average Bonchev–Trinajstić information content (AvgIpc) is 2.78. The fraction of sp³-hybridized carbons (Fsp3) is 0.208. The van der Waals surface area contributed by atoms with Crippen molar-refractivity contribution in [3.8, 4) is 5.75 Å². The van der Waals surface area contributed by atoms with Gasteiger partial charge in [-0.2, -0.15) is 0 Å². The van der Waals surface area contributed by atoms with E-state index in [1.165, 1.54) is 24.3 Å². The van der Waals surface area contributed by atoms with Gasteiger partial charge in [-0.15, -0.1) is 0 Å². The number of ether oxygens (including phenoxy) is 1. The Morgan fingerprint density at radius 1 is 0.969 bits per heavy atom. The molecular weight excluding hydrogens is 431 g/mol. The summed E-state index contributed by atoms with van der Waals surface area (Å²) in [7, 11) is -4.03. The molecular formula is C24H25FN2O4S. The first kappa shape index (κ1) is 23.3. The summed E-state index contributed by atoms with van der Waals surface area (Å²) in [5.41, 5.74) is 2.45. The Labute approximate surface area is 187 Å². The van der Waals surface area contributed by atoms with Crippen molar-refractivity contribution in [3.63, 3.8) is 0 Å². The summed E-state index contributed by atoms with van der Waals surface area (Å²) < 4.78 is 46.3. The van der Waals surface area contributed by atoms with Gasteiger partial charge in [0, 0.05) is 0 Å². The van der Waals surface area contributed by atoms with E-state index in [2.05, 4.69) is 5.32 Å². The molecule has 0 saturated carbocycles. The van der Waals surface area contributed by atoms with Crippen molar-refractivity contribution in [1.29, 1.82) is 0 Å². The van der Waals surface area contributed by atoms with E-state index in [9.17, 15) is 17.6 Å². The Morgan fingerprint density at radius 3 is 2.31 bits per heavy atom. The molecule has 1 N–H and O–H groups in total. The van der Waals surface area contributed by atoms with Gasteiger partial charge < -0.3 is 10.1 Å². The lowest BCUT2D eigenvalue weighted by atomic mass is 10.1. The summed E-state index contributed by atoms with van der Waals surface area (Å²) in [6.45, 7) is 3.98. The maximum Gasteiger partial charge on any atom is 0.264 e. The van der Waals surface area contributed by atoms with Crippen molar-refractivity contribution in [3.05, 3.63) is 89.7 Å². The maximum absolute atomic E-state index is 13.4. The number of halogens is 1. The first-order valence-electron chi connectivity index (χ1n) is 10.1. The lowest BCUT2D eigenvalue weighted by molar-refractivity contribution is -0.119. The monoisotopic (exact) mass is 456 g/mol. The largest absolute Gasteiger partial charge is 0.492 e. The Balaban J connectivity index is 1.67. The standard InChI is InChI=1S/C24H25FN2O4S/c1-18-8-13-22(16-19(18)2)31-15-14-26-24(28)17-27(21-11-9-20(25)10-12-21)32(29,30)23-6-4-3-5-7-23/h3-13,16H,14-15,17H2,1-2H3,(H,26,28). The second-order valence-electron chi connectivity index (χ2n) is 7.25. The van der Waals surface area contributed by atoms with Crippen LogP contribution in [0.15, 0.2) is 77.7 Å². The molecule has 0 atom stereocenters. The van der Waals surface area contributed by atoms with Crippen LogP contribution >= 0.6 is 0 Å². The van der Waals surface area contributed by atoms with Crippen LogP contribution in [0.3, 0.4) is 0 Å². The molecule has 0 bridgehead atoms. The van der Waals surface area contributed by atoms with Gasteiger partial charge >= 0.3 is 0 Å². The molecule has 6 nitrogen and oxygen atoms in total. The predicted molar refractivity (Wildman–Crippen MR) is 122 cm³/mol. The molecule has 0 aliphatic carbocycles. The van der Waals surface area contributed by atoms with E-state index in [1.54, 1.807) is 18.2 Å². The molecule has 0 aliphatic rings. The van der Waals surface area contributed by atoms with Crippen molar-refractivity contribution in [2.45, 2.75) is 18.7 Å². The van der Waals surface area contributed by atoms with Crippen LogP contribution in [0.5, 0.6) is 5.75 Å². The van der Waals surface area contributed by atoms with Gasteiger partial charge in [-0.25, -0.2) is 12.8 Å². The van der Waals surface area contributed by atoms with E-state index >= 15 is 0 Å². The van der Waals surface area contributed by atoms with Gasteiger partial charge in [0.15, 0.2) is 0 Å². The third-order valence-electron chi connectivity index (χ3n) is 4.90. The Bertz CT molecular complexity index is 1170. The topological polar surface area (TPSA) is 75.7 Å². The highest BCUT2D eigenvalue weighted by Crippen LogP contribution is 2.23. The van der Waals surface area contributed by atoms with Gasteiger partial charge in [-0.1, -0.05) is 24.3 Å². The number of nitrogens with one attached hydrogen (secondary N) is 1. The highest BCUT2D eigenvalue weighted by molar-refractivity contribution is 7.92. The van der Waals surface area contributed by atoms with Gasteiger partial charge in [0.05, 0.1) is 17.1 Å². The van der Waals surface area contributed by atoms with Crippen LogP contribution in [0.25, 0.3) is 0 Å². The van der Waals surface area contributed by atoms with Crippen LogP contribution in [0.2, 0.25) is 0 Å². The summed E-state index contributed by atoms with van der Waals surface area (Å²) >= 11 is 0. The number of carbonyl (C=O) groups is 1. The number of amides is 1. The van der Waals surface area contributed by atoms with Gasteiger partial charge in [0.2, 0.25) is 5.91 Å². The van der Waals surface area contributed by atoms with E-state index < -0.39 is 28.3 Å². The van der Waals surface area contributed by atoms with Gasteiger partial charge in [-0.05, 0) is 73.5 Å². The quantitative estimate of drug-likeness (QED) is 0.497. The van der Waals surface area contributed by atoms with E-state index in [0.717, 1.165) is 27.6 Å². The second kappa shape index (κ2) is 10.3. The number of anilines is 1. The van der Waals surface area contributed by atoms with Crippen molar-refractivity contribution >= 4 is 21.6 Å². The van der Waals surface area contributed by atoms with Crippen molar-refractivity contribution in [2.24, 2.45) is 0 Å². The Hall–Kier alpha value is -3.39. The van der Waals surface area contributed by atoms with Gasteiger partial charge in [-0.3, -0.25) is 9.10 Å². The molecule has 0 spiro atoms. The first-order valence-corrected chi connectivity index (χ1v) is 11.5. The molecule has 0 fully saturated rings. The van der Waals surface area contributed by atoms with Crippen LogP contribution in [0, 0.1) is 19.7 Å². The highest BCUT2D eigenvalue weighted by Gasteiger charge is 2.27. The first-order chi connectivity index (χ1) is 15.3. The van der Waals surface area contributed by atoms with E-state index in [4.69, 9.17) is 4.74 Å². The third kappa shape index (κ3) is 5.85. The number of sulfonamides is 1. The Kier molecular flexibility index (Phi) is 7.48. The van der Waals surface area contributed by atoms with Crippen molar-refractivity contribution in [1.82, 2.24) is 5.32 Å². The predicted octanol–water partition coefficient (Wildman–Crippen LogP) is 3.83. The van der Waals surface area contributed by atoms with E-state index in [0.29, 0.717) is 5.75 Å². The Morgan fingerprint density at radius 2 is 1.66 bits per heavy atom. The summed E-state index contributed by atoms with van der Waals surface area (Å²) in [6.07, 6.45) is 0. The van der Waals surface area contributed by atoms with Gasteiger partial charge in [0.25, 0.3) is 10.0 Å². The SMILES string of the molecule is Cc1ccc(OCCNC(=O)CN(c2ccc(F)cc2)S(=O)(=O)c2ccccc2)cc1C. The molecule has 1 amide bonds. The van der Waals surface area contributed by atoms with Crippen molar-refractivity contribution in [2.75, 3.05) is 24.0 Å². The van der Waals surface area contributed by atoms with Crippen molar-refractivity contribution < 1.29 is 22.3 Å². The summed E-state index contributed by atoms with van der Waals surface area (Å²) in [5, 5.41) is 2.67. The number of carbonyl (C=O) groups excluding carboxylic acids is 1. The molecule has 8 heteroatoms. The van der Waals surface area contributed by atoms with Crippen LogP contribution in [0.1, 0.15) is 11.1 Å². The van der Waals surface area contributed by atoms with Gasteiger partial charge in [0.1, 0.15) is 24.7 Å². The number of nitrogens with zero attached hydrogens (tertiary/aromatic N) is 1. The van der Waals surface area contributed by atoms with Crippen LogP contribution in [0.4, 0.5) is 10.1 Å². The minimum atomic E-state index is -4.03. The molecule has 3 aromatic carbocycles. The summed E-state index contributed by atoms with van der Waals surface area (Å²) in [4.78, 5) is 12.6. The number of aryl methyl sites for hydroxylation is 2. The van der Waals surface area contributed by atoms with Crippen LogP contribution in [-0.4, -0.2) is 34.0 Å². The molecule has 0 aromatic heterocycles. The smallest absolute Gasteiger partial charge is 0.264 e. The van der Waals surface area contributed by atoms with Crippen LogP contribution < -0.4 is 14.4 Å². The van der Waals surface area contributed by atoms with Crippen LogP contribution in [-0.2, 0) is 14.8 Å². The molecule has 168 valence electrons. The second-order valence-corrected chi connectivity index (χ2v) is 9.11. The lowest BCUT2D eigenvalue weighted by Gasteiger charge is -2.24. The molecule has 0 radical (unpaired) electrons. The normalized spacial score (nSPS) is 11.1.